The van der Waals surface area contributed by atoms with Crippen molar-refractivity contribution in [2.24, 2.45) is 0 Å². The molecule has 2 heterocycles. The van der Waals surface area contributed by atoms with Crippen LogP contribution in [0.1, 0.15) is 5.56 Å². The lowest BCUT2D eigenvalue weighted by Gasteiger charge is -2.10. The van der Waals surface area contributed by atoms with Crippen molar-refractivity contribution in [3.63, 3.8) is 0 Å². The summed E-state index contributed by atoms with van der Waals surface area (Å²) in [7, 11) is 0. The van der Waals surface area contributed by atoms with Crippen molar-refractivity contribution in [2.45, 2.75) is 6.54 Å². The average molecular weight is 445 g/mol. The van der Waals surface area contributed by atoms with E-state index in [1.807, 2.05) is 12.1 Å². The van der Waals surface area contributed by atoms with Crippen LogP contribution in [0.3, 0.4) is 0 Å². The molecule has 0 aliphatic rings. The van der Waals surface area contributed by atoms with Crippen LogP contribution >= 0.6 is 39.9 Å². The van der Waals surface area contributed by atoms with Crippen molar-refractivity contribution < 1.29 is 4.39 Å². The van der Waals surface area contributed by atoms with Gasteiger partial charge in [-0.3, -0.25) is 4.98 Å². The van der Waals surface area contributed by atoms with Gasteiger partial charge in [-0.2, -0.15) is 4.98 Å². The highest BCUT2D eigenvalue weighted by Crippen LogP contribution is 2.24. The van der Waals surface area contributed by atoms with Gasteiger partial charge in [0.25, 0.3) is 0 Å². The van der Waals surface area contributed by atoms with E-state index in [0.717, 1.165) is 10.0 Å². The van der Waals surface area contributed by atoms with Gasteiger partial charge in [0.1, 0.15) is 11.6 Å². The van der Waals surface area contributed by atoms with E-state index < -0.39 is 5.82 Å². The number of aromatic nitrogens is 3. The van der Waals surface area contributed by atoms with E-state index in [1.54, 1.807) is 24.7 Å². The first-order valence-electron chi connectivity index (χ1n) is 6.99. The Labute approximate surface area is 163 Å². The number of nitrogens with one attached hydrogen (secondary N) is 2. The fourth-order valence-electron chi connectivity index (χ4n) is 1.94. The smallest absolute Gasteiger partial charge is 0.229 e. The van der Waals surface area contributed by atoms with Gasteiger partial charge in [-0.05, 0) is 51.8 Å². The maximum Gasteiger partial charge on any atom is 0.229 e. The van der Waals surface area contributed by atoms with E-state index in [2.05, 4.69) is 41.5 Å². The summed E-state index contributed by atoms with van der Waals surface area (Å²) < 4.78 is 13.9. The highest BCUT2D eigenvalue weighted by molar-refractivity contribution is 9.10. The molecule has 0 saturated heterocycles. The van der Waals surface area contributed by atoms with E-state index in [4.69, 9.17) is 11.6 Å². The molecule has 0 bridgehead atoms. The topological polar surface area (TPSA) is 62.7 Å². The quantitative estimate of drug-likeness (QED) is 0.565. The van der Waals surface area contributed by atoms with E-state index in [-0.39, 0.29) is 17.4 Å². The van der Waals surface area contributed by atoms with Gasteiger partial charge in [-0.25, -0.2) is 9.37 Å². The van der Waals surface area contributed by atoms with Crippen LogP contribution in [0.25, 0.3) is 0 Å². The third-order valence-corrected chi connectivity index (χ3v) is 4.00. The summed E-state index contributed by atoms with van der Waals surface area (Å²) in [5.41, 5.74) is 1.68. The number of nitrogens with zero attached hydrogens (tertiary/aromatic N) is 3. The maximum atomic E-state index is 13.2. The van der Waals surface area contributed by atoms with Gasteiger partial charge in [0.2, 0.25) is 5.95 Å². The summed E-state index contributed by atoms with van der Waals surface area (Å²) in [6.45, 7) is 0.597. The van der Waals surface area contributed by atoms with Crippen LogP contribution in [0.15, 0.2) is 53.4 Å². The van der Waals surface area contributed by atoms with Crippen molar-refractivity contribution >= 4 is 57.4 Å². The zero-order valence-electron chi connectivity index (χ0n) is 12.7. The Morgan fingerprint density at radius 2 is 1.92 bits per heavy atom. The number of benzene rings is 1. The minimum atomic E-state index is -0.473. The fourth-order valence-corrected chi connectivity index (χ4v) is 2.45. The predicted octanol–water partition coefficient (Wildman–Crippen LogP) is 5.20. The second kappa shape index (κ2) is 8.94. The maximum absolute atomic E-state index is 13.2. The Kier molecular flexibility index (Phi) is 6.92. The number of anilines is 3. The van der Waals surface area contributed by atoms with Gasteiger partial charge < -0.3 is 10.6 Å². The predicted molar refractivity (Wildman–Crippen MR) is 103 cm³/mol. The molecule has 0 spiro atoms. The van der Waals surface area contributed by atoms with Crippen LogP contribution in [0.2, 0.25) is 5.02 Å². The average Bonchev–Trinajstić information content (AvgIpc) is 2.59. The van der Waals surface area contributed by atoms with E-state index >= 15 is 0 Å². The van der Waals surface area contributed by atoms with Gasteiger partial charge >= 0.3 is 0 Å². The zero-order chi connectivity index (χ0) is 16.9. The molecule has 25 heavy (non-hydrogen) atoms. The van der Waals surface area contributed by atoms with Crippen molar-refractivity contribution in [1.29, 1.82) is 0 Å². The Balaban J connectivity index is 0.00000225. The van der Waals surface area contributed by atoms with Crippen molar-refractivity contribution in [1.82, 2.24) is 15.0 Å². The first-order valence-corrected chi connectivity index (χ1v) is 8.16. The largest absolute Gasteiger partial charge is 0.365 e. The second-order valence-electron chi connectivity index (χ2n) is 4.85. The van der Waals surface area contributed by atoms with Crippen LogP contribution in [0.5, 0.6) is 0 Å². The third-order valence-electron chi connectivity index (χ3n) is 3.13. The van der Waals surface area contributed by atoms with Crippen molar-refractivity contribution in [3.05, 3.63) is 69.8 Å². The number of halogens is 4. The molecule has 0 radical (unpaired) electrons. The van der Waals surface area contributed by atoms with Crippen molar-refractivity contribution in [2.75, 3.05) is 10.6 Å². The van der Waals surface area contributed by atoms with Crippen LogP contribution < -0.4 is 10.6 Å². The van der Waals surface area contributed by atoms with Crippen LogP contribution in [0.4, 0.5) is 21.8 Å². The Hall–Kier alpha value is -1.96. The van der Waals surface area contributed by atoms with Crippen LogP contribution in [0, 0.1) is 5.82 Å². The fraction of sp³-hybridized carbons (Fsp3) is 0.0625. The number of pyridine rings is 1. The highest BCUT2D eigenvalue weighted by atomic mass is 79.9. The lowest BCUT2D eigenvalue weighted by Crippen LogP contribution is -2.05. The normalized spacial score (nSPS) is 10.0. The molecule has 1 aromatic carbocycles. The minimum absolute atomic E-state index is 0. The molecule has 3 rings (SSSR count). The number of hydrogen-bond donors (Lipinski definition) is 2. The summed E-state index contributed by atoms with van der Waals surface area (Å²) in [4.78, 5) is 12.6. The van der Waals surface area contributed by atoms with E-state index in [0.29, 0.717) is 24.0 Å². The molecule has 3 aromatic rings. The minimum Gasteiger partial charge on any atom is -0.365 e. The zero-order valence-corrected chi connectivity index (χ0v) is 15.9. The molecule has 0 aliphatic heterocycles. The van der Waals surface area contributed by atoms with E-state index in [1.165, 1.54) is 12.1 Å². The summed E-state index contributed by atoms with van der Waals surface area (Å²) in [6, 6.07) is 8.17. The number of rotatable bonds is 5. The standard InChI is InChI=1S/C16H12BrClFN5.ClH/c17-12-9-22-16(23-11-1-2-14(19)13(18)7-11)24-15(12)21-8-10-3-5-20-6-4-10;/h1-7,9H,8H2,(H2,21,22,23,24);1H. The summed E-state index contributed by atoms with van der Waals surface area (Å²) >= 11 is 9.19. The molecule has 0 fully saturated rings. The molecule has 9 heteroatoms. The van der Waals surface area contributed by atoms with Gasteiger partial charge in [0, 0.05) is 30.8 Å². The first-order chi connectivity index (χ1) is 11.6. The monoisotopic (exact) mass is 443 g/mol. The summed E-state index contributed by atoms with van der Waals surface area (Å²) in [5, 5.41) is 6.25. The SMILES string of the molecule is Cl.Fc1ccc(Nc2ncc(Br)c(NCc3ccncc3)n2)cc1Cl. The molecular formula is C16H13BrCl2FN5. The van der Waals surface area contributed by atoms with Crippen molar-refractivity contribution in [3.8, 4) is 0 Å². The van der Waals surface area contributed by atoms with Crippen LogP contribution in [-0.4, -0.2) is 15.0 Å². The van der Waals surface area contributed by atoms with Crippen LogP contribution in [-0.2, 0) is 6.54 Å². The van der Waals surface area contributed by atoms with Gasteiger partial charge in [-0.15, -0.1) is 12.4 Å². The third kappa shape index (κ3) is 5.26. The van der Waals surface area contributed by atoms with Gasteiger partial charge in [0.05, 0.1) is 9.50 Å². The molecule has 0 unspecified atom stereocenters. The first kappa shape index (κ1) is 19.4. The molecule has 2 aromatic heterocycles. The van der Waals surface area contributed by atoms with Gasteiger partial charge in [0.15, 0.2) is 0 Å². The summed E-state index contributed by atoms with van der Waals surface area (Å²) in [5.74, 6) is 0.536. The molecule has 130 valence electrons. The number of hydrogen-bond acceptors (Lipinski definition) is 5. The molecule has 2 N–H and O–H groups in total. The Morgan fingerprint density at radius 3 is 2.64 bits per heavy atom. The lowest BCUT2D eigenvalue weighted by atomic mass is 10.3. The van der Waals surface area contributed by atoms with E-state index in [9.17, 15) is 4.39 Å². The second-order valence-corrected chi connectivity index (χ2v) is 6.11. The molecular weight excluding hydrogens is 432 g/mol. The van der Waals surface area contributed by atoms with Gasteiger partial charge in [-0.1, -0.05) is 11.6 Å². The lowest BCUT2D eigenvalue weighted by molar-refractivity contribution is 0.628. The molecule has 0 atom stereocenters. The summed E-state index contributed by atoms with van der Waals surface area (Å²) in [6.07, 6.45) is 5.10. The molecule has 0 saturated carbocycles. The molecule has 5 nitrogen and oxygen atoms in total. The molecule has 0 aliphatic carbocycles. The Morgan fingerprint density at radius 1 is 1.16 bits per heavy atom. The highest BCUT2D eigenvalue weighted by Gasteiger charge is 2.07. The molecule has 0 amide bonds. The Bertz CT molecular complexity index is 851.